The molecule has 9 heteroatoms. The quantitative estimate of drug-likeness (QED) is 0.550. The molecule has 3 heterocycles. The molecule has 0 radical (unpaired) electrons. The average molecular weight is 467 g/mol. The molecule has 0 amide bonds. The van der Waals surface area contributed by atoms with Crippen molar-refractivity contribution in [2.24, 2.45) is 7.05 Å². The van der Waals surface area contributed by atoms with Gasteiger partial charge in [0.15, 0.2) is 0 Å². The number of imidazole rings is 1. The second-order valence-electron chi connectivity index (χ2n) is 8.78. The number of pyridine rings is 1. The van der Waals surface area contributed by atoms with E-state index in [2.05, 4.69) is 44.9 Å². The van der Waals surface area contributed by atoms with Gasteiger partial charge in [-0.2, -0.15) is 5.26 Å². The summed E-state index contributed by atoms with van der Waals surface area (Å²) in [7, 11) is 0.923. The zero-order chi connectivity index (χ0) is 23.8. The van der Waals surface area contributed by atoms with Crippen molar-refractivity contribution in [2.45, 2.75) is 37.5 Å². The van der Waals surface area contributed by atoms with Gasteiger partial charge in [-0.05, 0) is 36.5 Å². The van der Waals surface area contributed by atoms with E-state index < -0.39 is 9.84 Å². The fourth-order valence-corrected chi connectivity index (χ4v) is 5.71. The third-order valence-electron chi connectivity index (χ3n) is 6.67. The Bertz CT molecular complexity index is 1300. The van der Waals surface area contributed by atoms with Crippen molar-refractivity contribution < 1.29 is 8.42 Å². The van der Waals surface area contributed by atoms with Gasteiger partial charge in [0.1, 0.15) is 27.2 Å². The van der Waals surface area contributed by atoms with Gasteiger partial charge >= 0.3 is 0 Å². The zero-order valence-corrected chi connectivity index (χ0v) is 20.4. The predicted molar refractivity (Wildman–Crippen MR) is 130 cm³/mol. The second-order valence-corrected chi connectivity index (χ2v) is 11.1. The Hall–Kier alpha value is -2.96. The van der Waals surface area contributed by atoms with E-state index in [-0.39, 0.29) is 11.3 Å². The van der Waals surface area contributed by atoms with E-state index in [4.69, 9.17) is 0 Å². The van der Waals surface area contributed by atoms with E-state index in [0.717, 1.165) is 40.1 Å². The van der Waals surface area contributed by atoms with Crippen molar-refractivity contribution >= 4 is 32.4 Å². The highest BCUT2D eigenvalue weighted by molar-refractivity contribution is 7.91. The van der Waals surface area contributed by atoms with Crippen molar-refractivity contribution in [2.75, 3.05) is 31.3 Å². The normalized spacial score (nSPS) is 16.6. The van der Waals surface area contributed by atoms with Crippen LogP contribution < -0.4 is 4.90 Å². The molecule has 2 aromatic heterocycles. The van der Waals surface area contributed by atoms with Crippen LogP contribution in [-0.4, -0.2) is 59.5 Å². The van der Waals surface area contributed by atoms with E-state index in [1.165, 1.54) is 6.26 Å². The number of sulfone groups is 1. The molecule has 0 saturated carbocycles. The average Bonchev–Trinajstić information content (AvgIpc) is 3.19. The molecule has 0 N–H and O–H groups in total. The molecule has 1 aromatic carbocycles. The lowest BCUT2D eigenvalue weighted by molar-refractivity contribution is 0.197. The van der Waals surface area contributed by atoms with Crippen LogP contribution >= 0.6 is 0 Å². The molecule has 0 aliphatic carbocycles. The summed E-state index contributed by atoms with van der Waals surface area (Å²) in [6.45, 7) is 3.31. The highest BCUT2D eigenvalue weighted by Crippen LogP contribution is 2.32. The van der Waals surface area contributed by atoms with Crippen LogP contribution in [0.5, 0.6) is 0 Å². The van der Waals surface area contributed by atoms with Crippen LogP contribution in [-0.2, 0) is 23.3 Å². The number of fused-ring (bicyclic) bond motifs is 1. The van der Waals surface area contributed by atoms with Crippen LogP contribution in [0.2, 0.25) is 0 Å². The smallest absolute Gasteiger partial charge is 0.150 e. The first-order chi connectivity index (χ1) is 15.7. The number of anilines is 2. The summed E-state index contributed by atoms with van der Waals surface area (Å²) in [6, 6.07) is 10.2. The summed E-state index contributed by atoms with van der Waals surface area (Å²) in [5.41, 5.74) is 5.00. The van der Waals surface area contributed by atoms with Crippen molar-refractivity contribution in [3.63, 3.8) is 0 Å². The first-order valence-corrected chi connectivity index (χ1v) is 13.1. The van der Waals surface area contributed by atoms with Crippen LogP contribution in [0, 0.1) is 11.3 Å². The minimum atomic E-state index is -3.04. The van der Waals surface area contributed by atoms with Gasteiger partial charge in [0.25, 0.3) is 0 Å². The Balaban J connectivity index is 1.59. The highest BCUT2D eigenvalue weighted by Gasteiger charge is 2.31. The molecule has 4 rings (SSSR count). The topological polar surface area (TPSA) is 95.1 Å². The fraction of sp³-hybridized carbons (Fsp3) is 0.458. The lowest BCUT2D eigenvalue weighted by Gasteiger charge is -2.34. The molecule has 33 heavy (non-hydrogen) atoms. The third-order valence-corrected chi connectivity index (χ3v) is 8.35. The van der Waals surface area contributed by atoms with Crippen LogP contribution in [0.4, 0.5) is 11.5 Å². The lowest BCUT2D eigenvalue weighted by atomic mass is 9.98. The van der Waals surface area contributed by atoms with Crippen molar-refractivity contribution in [1.82, 2.24) is 19.4 Å². The maximum atomic E-state index is 11.9. The van der Waals surface area contributed by atoms with E-state index in [0.29, 0.717) is 25.9 Å². The molecule has 3 aromatic rings. The number of likely N-dealkylation sites (tertiary alicyclic amines) is 1. The minimum absolute atomic E-state index is 0.306. The van der Waals surface area contributed by atoms with E-state index in [9.17, 15) is 13.7 Å². The minimum Gasteiger partial charge on any atom is -0.334 e. The van der Waals surface area contributed by atoms with Crippen LogP contribution in [0.1, 0.15) is 36.9 Å². The molecule has 1 unspecified atom stereocenters. The Morgan fingerprint density at radius 2 is 1.97 bits per heavy atom. The number of hydrogen-bond donors (Lipinski definition) is 0. The van der Waals surface area contributed by atoms with Crippen molar-refractivity contribution in [3.05, 3.63) is 47.9 Å². The summed E-state index contributed by atoms with van der Waals surface area (Å²) in [5, 5.41) is 9.64. The van der Waals surface area contributed by atoms with Gasteiger partial charge < -0.3 is 9.47 Å². The maximum Gasteiger partial charge on any atom is 0.150 e. The molecular weight excluding hydrogens is 436 g/mol. The van der Waals surface area contributed by atoms with Crippen LogP contribution in [0.3, 0.4) is 0 Å². The van der Waals surface area contributed by atoms with Gasteiger partial charge in [-0.15, -0.1) is 0 Å². The molecule has 1 fully saturated rings. The summed E-state index contributed by atoms with van der Waals surface area (Å²) < 4.78 is 25.7. The zero-order valence-electron chi connectivity index (χ0n) is 19.6. The number of nitrogens with zero attached hydrogens (tertiary/aromatic N) is 6. The maximum absolute atomic E-state index is 11.9. The number of hydrogen-bond acceptors (Lipinski definition) is 7. The summed E-state index contributed by atoms with van der Waals surface area (Å²) in [5.74, 6) is 0.827. The summed E-state index contributed by atoms with van der Waals surface area (Å²) >= 11 is 0. The Morgan fingerprint density at radius 3 is 2.61 bits per heavy atom. The van der Waals surface area contributed by atoms with Crippen LogP contribution in [0.25, 0.3) is 11.0 Å². The monoisotopic (exact) mass is 466 g/mol. The van der Waals surface area contributed by atoms with Gasteiger partial charge in [0.2, 0.25) is 0 Å². The van der Waals surface area contributed by atoms with Gasteiger partial charge in [-0.3, -0.25) is 4.90 Å². The number of piperidine rings is 1. The largest absolute Gasteiger partial charge is 0.334 e. The van der Waals surface area contributed by atoms with E-state index in [1.807, 2.05) is 30.8 Å². The number of aromatic nitrogens is 3. The molecule has 1 atom stereocenters. The summed E-state index contributed by atoms with van der Waals surface area (Å²) in [6.07, 6.45) is 6.83. The van der Waals surface area contributed by atoms with Gasteiger partial charge in [0.05, 0.1) is 29.4 Å². The highest BCUT2D eigenvalue weighted by atomic mass is 32.2. The molecule has 0 spiro atoms. The molecule has 8 nitrogen and oxygen atoms in total. The lowest BCUT2D eigenvalue weighted by Crippen LogP contribution is -2.40. The van der Waals surface area contributed by atoms with E-state index in [1.54, 1.807) is 12.5 Å². The Kier molecular flexibility index (Phi) is 6.41. The van der Waals surface area contributed by atoms with Gasteiger partial charge in [-0.25, -0.2) is 18.4 Å². The number of rotatable bonds is 6. The number of benzene rings is 1. The van der Waals surface area contributed by atoms with Crippen molar-refractivity contribution in [1.29, 1.82) is 5.26 Å². The standard InChI is InChI=1S/C24H30N6O2S/c1-5-17-12-18(23(14-25)30-10-8-19(9-11-30)33(4,31)32)6-7-21(17)29(3)24-13-22-20(15-26-24)27-16-28(22)2/h6-7,12-13,15-16,19,23H,5,8-11H2,1-4H3. The molecule has 1 aliphatic rings. The Morgan fingerprint density at radius 1 is 1.24 bits per heavy atom. The molecule has 1 aliphatic heterocycles. The second kappa shape index (κ2) is 9.12. The first kappa shape index (κ1) is 23.2. The summed E-state index contributed by atoms with van der Waals surface area (Å²) in [4.78, 5) is 13.1. The predicted octanol–water partition coefficient (Wildman–Crippen LogP) is 3.37. The van der Waals surface area contributed by atoms with Crippen LogP contribution in [0.15, 0.2) is 36.8 Å². The van der Waals surface area contributed by atoms with E-state index >= 15 is 0 Å². The number of aryl methyl sites for hydroxylation is 2. The number of nitriles is 1. The molecular formula is C24H30N6O2S. The SMILES string of the molecule is CCc1cc(C(C#N)N2CCC(S(C)(=O)=O)CC2)ccc1N(C)c1cc2c(cn1)ncn2C. The van der Waals surface area contributed by atoms with Crippen molar-refractivity contribution in [3.8, 4) is 6.07 Å². The van der Waals surface area contributed by atoms with Gasteiger partial charge in [0, 0.05) is 45.2 Å². The Labute approximate surface area is 195 Å². The first-order valence-electron chi connectivity index (χ1n) is 11.2. The molecule has 1 saturated heterocycles. The van der Waals surface area contributed by atoms with Gasteiger partial charge in [-0.1, -0.05) is 19.1 Å². The fourth-order valence-electron chi connectivity index (χ4n) is 4.64. The third kappa shape index (κ3) is 4.59. The molecule has 0 bridgehead atoms. The molecule has 174 valence electrons.